The molecular weight excluding hydrogens is 191 g/mol. The molecule has 2 nitrogen and oxygen atoms in total. The first-order chi connectivity index (χ1) is 6.18. The predicted octanol–water partition coefficient (Wildman–Crippen LogP) is 2.73. The molecule has 0 N–H and O–H groups in total. The first-order valence-corrected chi connectivity index (χ1v) is 4.13. The fourth-order valence-electron chi connectivity index (χ4n) is 1.11. The van der Waals surface area contributed by atoms with Crippen LogP contribution in [0, 0.1) is 12.9 Å². The molecule has 0 aromatic carbocycles. The number of pyridine rings is 2. The Labute approximate surface area is 79.4 Å². The molecule has 0 amide bonds. The van der Waals surface area contributed by atoms with Gasteiger partial charge < -0.3 is 0 Å². The highest BCUT2D eigenvalue weighted by Gasteiger charge is 2.05. The molecule has 0 saturated carbocycles. The van der Waals surface area contributed by atoms with Crippen molar-refractivity contribution < 1.29 is 4.39 Å². The molecular formula is C9H6ClFN2. The number of fused-ring (bicyclic) bond motifs is 1. The Balaban J connectivity index is 2.89. The number of nitrogens with zero attached hydrogens (tertiary/aromatic N) is 2. The Morgan fingerprint density at radius 3 is 3.00 bits per heavy atom. The summed E-state index contributed by atoms with van der Waals surface area (Å²) in [6.07, 6.45) is 1.57. The van der Waals surface area contributed by atoms with Crippen LogP contribution in [0.25, 0.3) is 11.0 Å². The molecule has 0 unspecified atom stereocenters. The number of halogens is 2. The third-order valence-electron chi connectivity index (χ3n) is 1.79. The number of hydrogen-bond donors (Lipinski definition) is 0. The number of rotatable bonds is 0. The van der Waals surface area contributed by atoms with Crippen molar-refractivity contribution in [3.8, 4) is 0 Å². The van der Waals surface area contributed by atoms with Crippen LogP contribution in [0.2, 0.25) is 5.02 Å². The van der Waals surface area contributed by atoms with E-state index in [2.05, 4.69) is 9.97 Å². The largest absolute Gasteiger partial charge is 0.254 e. The fraction of sp³-hybridized carbons (Fsp3) is 0.111. The maximum atomic E-state index is 13.0. The lowest BCUT2D eigenvalue weighted by atomic mass is 10.2. The Hall–Kier alpha value is -1.22. The normalized spacial score (nSPS) is 10.7. The number of aryl methyl sites for hydroxylation is 1. The number of aromatic nitrogens is 2. The molecule has 13 heavy (non-hydrogen) atoms. The van der Waals surface area contributed by atoms with E-state index in [0.29, 0.717) is 21.6 Å². The monoisotopic (exact) mass is 196 g/mol. The second-order valence-corrected chi connectivity index (χ2v) is 3.16. The fourth-order valence-corrected chi connectivity index (χ4v) is 1.31. The van der Waals surface area contributed by atoms with Gasteiger partial charge in [0.15, 0.2) is 0 Å². The Kier molecular flexibility index (Phi) is 1.88. The Bertz CT molecular complexity index is 470. The van der Waals surface area contributed by atoms with Crippen molar-refractivity contribution in [3.63, 3.8) is 0 Å². The highest BCUT2D eigenvalue weighted by atomic mass is 35.5. The molecule has 0 atom stereocenters. The van der Waals surface area contributed by atoms with Gasteiger partial charge in [-0.3, -0.25) is 4.98 Å². The van der Waals surface area contributed by atoms with Crippen LogP contribution in [0.3, 0.4) is 0 Å². The lowest BCUT2D eigenvalue weighted by Gasteiger charge is -2.00. The summed E-state index contributed by atoms with van der Waals surface area (Å²) >= 11 is 5.81. The van der Waals surface area contributed by atoms with Crippen molar-refractivity contribution in [1.82, 2.24) is 9.97 Å². The maximum Gasteiger partial charge on any atom is 0.216 e. The molecule has 0 aliphatic rings. The van der Waals surface area contributed by atoms with Crippen LogP contribution in [0.5, 0.6) is 0 Å². The van der Waals surface area contributed by atoms with Crippen molar-refractivity contribution in [2.45, 2.75) is 6.92 Å². The predicted molar refractivity (Wildman–Crippen MR) is 49.2 cm³/mol. The molecule has 0 saturated heterocycles. The summed E-state index contributed by atoms with van der Waals surface area (Å²) in [5.74, 6) is -0.498. The van der Waals surface area contributed by atoms with E-state index in [9.17, 15) is 4.39 Å². The summed E-state index contributed by atoms with van der Waals surface area (Å²) < 4.78 is 13.0. The standard InChI is InChI=1S/C9H6ClFN2/c1-5-4-7-8(13-9(5)11)6(10)2-3-12-7/h2-4H,1H3. The topological polar surface area (TPSA) is 25.8 Å². The second kappa shape index (κ2) is 2.92. The summed E-state index contributed by atoms with van der Waals surface area (Å²) in [6.45, 7) is 1.64. The third-order valence-corrected chi connectivity index (χ3v) is 2.10. The zero-order chi connectivity index (χ0) is 9.42. The first-order valence-electron chi connectivity index (χ1n) is 3.76. The summed E-state index contributed by atoms with van der Waals surface area (Å²) in [5.41, 5.74) is 1.50. The van der Waals surface area contributed by atoms with Crippen LogP contribution in [0.4, 0.5) is 4.39 Å². The van der Waals surface area contributed by atoms with Crippen LogP contribution in [-0.2, 0) is 0 Å². The van der Waals surface area contributed by atoms with E-state index in [1.807, 2.05) is 0 Å². The minimum absolute atomic E-state index is 0.410. The van der Waals surface area contributed by atoms with E-state index in [1.165, 1.54) is 0 Å². The van der Waals surface area contributed by atoms with Gasteiger partial charge in [-0.25, -0.2) is 4.98 Å². The molecule has 0 aliphatic heterocycles. The van der Waals surface area contributed by atoms with Gasteiger partial charge in [0.2, 0.25) is 5.95 Å². The molecule has 2 aromatic rings. The van der Waals surface area contributed by atoms with Gasteiger partial charge in [0.25, 0.3) is 0 Å². The van der Waals surface area contributed by atoms with Crippen LogP contribution >= 0.6 is 11.6 Å². The first kappa shape index (κ1) is 8.38. The smallest absolute Gasteiger partial charge is 0.216 e. The van der Waals surface area contributed by atoms with Crippen molar-refractivity contribution >= 4 is 22.6 Å². The lowest BCUT2D eigenvalue weighted by molar-refractivity contribution is 0.579. The van der Waals surface area contributed by atoms with Gasteiger partial charge >= 0.3 is 0 Å². The Morgan fingerprint density at radius 1 is 1.46 bits per heavy atom. The van der Waals surface area contributed by atoms with E-state index in [4.69, 9.17) is 11.6 Å². The van der Waals surface area contributed by atoms with Crippen LogP contribution < -0.4 is 0 Å². The van der Waals surface area contributed by atoms with Crippen LogP contribution in [0.1, 0.15) is 5.56 Å². The third kappa shape index (κ3) is 1.35. The summed E-state index contributed by atoms with van der Waals surface area (Å²) in [5, 5.41) is 0.420. The molecule has 0 aliphatic carbocycles. The van der Waals surface area contributed by atoms with Gasteiger partial charge in [-0.05, 0) is 19.1 Å². The van der Waals surface area contributed by atoms with Crippen molar-refractivity contribution in [1.29, 1.82) is 0 Å². The zero-order valence-corrected chi connectivity index (χ0v) is 7.64. The molecule has 2 rings (SSSR count). The van der Waals surface area contributed by atoms with Crippen molar-refractivity contribution in [3.05, 3.63) is 34.9 Å². The molecule has 0 bridgehead atoms. The minimum atomic E-state index is -0.498. The summed E-state index contributed by atoms with van der Waals surface area (Å²) in [7, 11) is 0. The molecule has 0 radical (unpaired) electrons. The van der Waals surface area contributed by atoms with Gasteiger partial charge in [-0.15, -0.1) is 0 Å². The molecule has 2 aromatic heterocycles. The van der Waals surface area contributed by atoms with E-state index in [1.54, 1.807) is 25.3 Å². The van der Waals surface area contributed by atoms with Crippen molar-refractivity contribution in [2.75, 3.05) is 0 Å². The zero-order valence-electron chi connectivity index (χ0n) is 6.88. The second-order valence-electron chi connectivity index (χ2n) is 2.76. The van der Waals surface area contributed by atoms with E-state index in [0.717, 1.165) is 0 Å². The Morgan fingerprint density at radius 2 is 2.23 bits per heavy atom. The van der Waals surface area contributed by atoms with Crippen LogP contribution in [0.15, 0.2) is 18.3 Å². The van der Waals surface area contributed by atoms with Crippen LogP contribution in [-0.4, -0.2) is 9.97 Å². The maximum absolute atomic E-state index is 13.0. The molecule has 66 valence electrons. The highest BCUT2D eigenvalue weighted by Crippen LogP contribution is 2.20. The van der Waals surface area contributed by atoms with Gasteiger partial charge in [-0.2, -0.15) is 4.39 Å². The number of hydrogen-bond acceptors (Lipinski definition) is 2. The molecule has 4 heteroatoms. The summed E-state index contributed by atoms with van der Waals surface area (Å²) in [4.78, 5) is 7.74. The minimum Gasteiger partial charge on any atom is -0.254 e. The SMILES string of the molecule is Cc1cc2nccc(Cl)c2nc1F. The van der Waals surface area contributed by atoms with E-state index in [-0.39, 0.29) is 0 Å². The molecule has 2 heterocycles. The quantitative estimate of drug-likeness (QED) is 0.606. The average molecular weight is 197 g/mol. The average Bonchev–Trinajstić information content (AvgIpc) is 2.09. The van der Waals surface area contributed by atoms with Gasteiger partial charge in [0.1, 0.15) is 5.52 Å². The van der Waals surface area contributed by atoms with Gasteiger partial charge in [-0.1, -0.05) is 11.6 Å². The highest BCUT2D eigenvalue weighted by molar-refractivity contribution is 6.34. The molecule has 0 spiro atoms. The van der Waals surface area contributed by atoms with Gasteiger partial charge in [0, 0.05) is 11.8 Å². The molecule has 0 fully saturated rings. The lowest BCUT2D eigenvalue weighted by Crippen LogP contribution is -1.91. The van der Waals surface area contributed by atoms with Gasteiger partial charge in [0.05, 0.1) is 10.5 Å². The van der Waals surface area contributed by atoms with E-state index >= 15 is 0 Å². The summed E-state index contributed by atoms with van der Waals surface area (Å²) in [6, 6.07) is 3.22. The van der Waals surface area contributed by atoms with Crippen molar-refractivity contribution in [2.24, 2.45) is 0 Å². The van der Waals surface area contributed by atoms with E-state index < -0.39 is 5.95 Å².